The fraction of sp³-hybridized carbons (Fsp3) is 0.389. The molecule has 23 heavy (non-hydrogen) atoms. The topological polar surface area (TPSA) is 72.3 Å². The van der Waals surface area contributed by atoms with Crippen molar-refractivity contribution in [3.05, 3.63) is 41.7 Å². The maximum atomic E-state index is 11.0. The molecule has 0 radical (unpaired) electrons. The van der Waals surface area contributed by atoms with Crippen LogP contribution in [0.2, 0.25) is 0 Å². The van der Waals surface area contributed by atoms with E-state index in [1.54, 1.807) is 6.92 Å². The summed E-state index contributed by atoms with van der Waals surface area (Å²) >= 11 is 0. The SMILES string of the molecule is Cc1nc(-c2ccc(OCCC(C)(C)C)cc2)ncc1C(=O)O. The molecule has 0 bridgehead atoms. The van der Waals surface area contributed by atoms with Gasteiger partial charge in [-0.3, -0.25) is 0 Å². The quantitative estimate of drug-likeness (QED) is 0.904. The van der Waals surface area contributed by atoms with E-state index in [-0.39, 0.29) is 11.0 Å². The first-order valence-corrected chi connectivity index (χ1v) is 7.56. The van der Waals surface area contributed by atoms with Crippen LogP contribution in [0.3, 0.4) is 0 Å². The maximum absolute atomic E-state index is 11.0. The Balaban J connectivity index is 2.07. The van der Waals surface area contributed by atoms with E-state index < -0.39 is 5.97 Å². The molecule has 122 valence electrons. The molecule has 1 heterocycles. The van der Waals surface area contributed by atoms with Gasteiger partial charge in [0, 0.05) is 11.8 Å². The number of benzene rings is 1. The lowest BCUT2D eigenvalue weighted by atomic mass is 9.93. The second-order valence-electron chi connectivity index (χ2n) is 6.68. The Morgan fingerprint density at radius 1 is 1.22 bits per heavy atom. The van der Waals surface area contributed by atoms with Crippen LogP contribution in [0.15, 0.2) is 30.5 Å². The fourth-order valence-corrected chi connectivity index (χ4v) is 1.99. The molecule has 0 aliphatic heterocycles. The zero-order valence-corrected chi connectivity index (χ0v) is 14.0. The molecule has 0 saturated heterocycles. The second-order valence-corrected chi connectivity index (χ2v) is 6.68. The van der Waals surface area contributed by atoms with Crippen LogP contribution in [-0.2, 0) is 0 Å². The van der Waals surface area contributed by atoms with Crippen LogP contribution in [0.5, 0.6) is 5.75 Å². The van der Waals surface area contributed by atoms with Gasteiger partial charge in [-0.15, -0.1) is 0 Å². The summed E-state index contributed by atoms with van der Waals surface area (Å²) in [5, 5.41) is 9.01. The summed E-state index contributed by atoms with van der Waals surface area (Å²) < 4.78 is 5.73. The van der Waals surface area contributed by atoms with E-state index in [0.717, 1.165) is 17.7 Å². The number of carbonyl (C=O) groups is 1. The van der Waals surface area contributed by atoms with E-state index in [0.29, 0.717) is 18.1 Å². The van der Waals surface area contributed by atoms with Crippen molar-refractivity contribution in [1.29, 1.82) is 0 Å². The summed E-state index contributed by atoms with van der Waals surface area (Å²) in [4.78, 5) is 19.4. The normalized spacial score (nSPS) is 11.3. The van der Waals surface area contributed by atoms with E-state index in [1.807, 2.05) is 24.3 Å². The molecule has 0 fully saturated rings. The third-order valence-corrected chi connectivity index (χ3v) is 3.44. The molecular weight excluding hydrogens is 292 g/mol. The summed E-state index contributed by atoms with van der Waals surface area (Å²) in [6.45, 7) is 8.88. The summed E-state index contributed by atoms with van der Waals surface area (Å²) in [7, 11) is 0. The Kier molecular flexibility index (Phi) is 4.98. The van der Waals surface area contributed by atoms with Crippen LogP contribution in [0.1, 0.15) is 43.2 Å². The van der Waals surface area contributed by atoms with E-state index in [4.69, 9.17) is 9.84 Å². The van der Waals surface area contributed by atoms with Gasteiger partial charge in [0.05, 0.1) is 17.9 Å². The third kappa shape index (κ3) is 4.77. The van der Waals surface area contributed by atoms with Crippen LogP contribution in [0.4, 0.5) is 0 Å². The van der Waals surface area contributed by atoms with Crippen molar-refractivity contribution in [2.45, 2.75) is 34.1 Å². The molecule has 0 aliphatic carbocycles. The number of aromatic carboxylic acids is 1. The van der Waals surface area contributed by atoms with Crippen LogP contribution in [0.25, 0.3) is 11.4 Å². The Morgan fingerprint density at radius 3 is 2.39 bits per heavy atom. The van der Waals surface area contributed by atoms with Gasteiger partial charge in [-0.25, -0.2) is 14.8 Å². The van der Waals surface area contributed by atoms with Gasteiger partial charge >= 0.3 is 5.97 Å². The fourth-order valence-electron chi connectivity index (χ4n) is 1.99. The van der Waals surface area contributed by atoms with Gasteiger partial charge in [-0.05, 0) is 43.0 Å². The second kappa shape index (κ2) is 6.77. The van der Waals surface area contributed by atoms with Gasteiger partial charge in [0.25, 0.3) is 0 Å². The monoisotopic (exact) mass is 314 g/mol. The maximum Gasteiger partial charge on any atom is 0.339 e. The highest BCUT2D eigenvalue weighted by Crippen LogP contribution is 2.22. The molecule has 0 aliphatic rings. The van der Waals surface area contributed by atoms with Crippen molar-refractivity contribution in [3.8, 4) is 17.1 Å². The standard InChI is InChI=1S/C18H22N2O3/c1-12-15(17(21)22)11-19-16(20-12)13-5-7-14(8-6-13)23-10-9-18(2,3)4/h5-8,11H,9-10H2,1-4H3,(H,21,22). The molecule has 0 unspecified atom stereocenters. The Labute approximate surface area is 136 Å². The third-order valence-electron chi connectivity index (χ3n) is 3.44. The zero-order chi connectivity index (χ0) is 17.0. The first-order chi connectivity index (χ1) is 10.8. The van der Waals surface area contributed by atoms with Crippen LogP contribution < -0.4 is 4.74 Å². The number of ether oxygens (including phenoxy) is 1. The largest absolute Gasteiger partial charge is 0.494 e. The molecule has 0 saturated carbocycles. The lowest BCUT2D eigenvalue weighted by Gasteiger charge is -2.18. The van der Waals surface area contributed by atoms with Crippen molar-refractivity contribution in [2.75, 3.05) is 6.61 Å². The van der Waals surface area contributed by atoms with Gasteiger partial charge in [0.2, 0.25) is 0 Å². The van der Waals surface area contributed by atoms with E-state index in [2.05, 4.69) is 30.7 Å². The van der Waals surface area contributed by atoms with Gasteiger partial charge in [0.1, 0.15) is 5.75 Å². The number of hydrogen-bond donors (Lipinski definition) is 1. The molecular formula is C18H22N2O3. The number of hydrogen-bond acceptors (Lipinski definition) is 4. The van der Waals surface area contributed by atoms with Gasteiger partial charge in [0.15, 0.2) is 5.82 Å². The molecule has 0 atom stereocenters. The minimum absolute atomic E-state index is 0.121. The van der Waals surface area contributed by atoms with Gasteiger partial charge in [-0.2, -0.15) is 0 Å². The van der Waals surface area contributed by atoms with Gasteiger partial charge in [-0.1, -0.05) is 20.8 Å². The van der Waals surface area contributed by atoms with Crippen LogP contribution >= 0.6 is 0 Å². The minimum atomic E-state index is -1.02. The van der Waals surface area contributed by atoms with E-state index in [9.17, 15) is 4.79 Å². The number of aryl methyl sites for hydroxylation is 1. The van der Waals surface area contributed by atoms with Crippen molar-refractivity contribution < 1.29 is 14.6 Å². The average Bonchev–Trinajstić information content (AvgIpc) is 2.46. The van der Waals surface area contributed by atoms with Crippen LogP contribution in [0, 0.1) is 12.3 Å². The molecule has 0 amide bonds. The van der Waals surface area contributed by atoms with E-state index >= 15 is 0 Å². The zero-order valence-electron chi connectivity index (χ0n) is 14.0. The lowest BCUT2D eigenvalue weighted by Crippen LogP contribution is -2.11. The molecule has 1 aromatic carbocycles. The number of rotatable bonds is 5. The van der Waals surface area contributed by atoms with Crippen molar-refractivity contribution in [1.82, 2.24) is 9.97 Å². The molecule has 0 spiro atoms. The summed E-state index contributed by atoms with van der Waals surface area (Å²) in [6, 6.07) is 7.51. The smallest absolute Gasteiger partial charge is 0.339 e. The lowest BCUT2D eigenvalue weighted by molar-refractivity contribution is 0.0695. The number of carboxylic acids is 1. The predicted molar refractivity (Wildman–Crippen MR) is 88.7 cm³/mol. The summed E-state index contributed by atoms with van der Waals surface area (Å²) in [6.07, 6.45) is 2.32. The minimum Gasteiger partial charge on any atom is -0.494 e. The summed E-state index contributed by atoms with van der Waals surface area (Å²) in [5.41, 5.74) is 1.65. The Hall–Kier alpha value is -2.43. The highest BCUT2D eigenvalue weighted by molar-refractivity contribution is 5.88. The summed E-state index contributed by atoms with van der Waals surface area (Å²) in [5.74, 6) is 0.294. The van der Waals surface area contributed by atoms with Crippen molar-refractivity contribution in [2.24, 2.45) is 5.41 Å². The molecule has 1 N–H and O–H groups in total. The molecule has 2 aromatic rings. The van der Waals surface area contributed by atoms with Crippen molar-refractivity contribution in [3.63, 3.8) is 0 Å². The van der Waals surface area contributed by atoms with Crippen LogP contribution in [-0.4, -0.2) is 27.7 Å². The number of aromatic nitrogens is 2. The first kappa shape index (κ1) is 16.9. The first-order valence-electron chi connectivity index (χ1n) is 7.56. The van der Waals surface area contributed by atoms with Crippen molar-refractivity contribution >= 4 is 5.97 Å². The number of nitrogens with zero attached hydrogens (tertiary/aromatic N) is 2. The molecule has 5 heteroatoms. The molecule has 5 nitrogen and oxygen atoms in total. The molecule has 2 rings (SSSR count). The van der Waals surface area contributed by atoms with Gasteiger partial charge < -0.3 is 9.84 Å². The average molecular weight is 314 g/mol. The highest BCUT2D eigenvalue weighted by atomic mass is 16.5. The molecule has 1 aromatic heterocycles. The number of carboxylic acid groups (broad SMARTS) is 1. The highest BCUT2D eigenvalue weighted by Gasteiger charge is 2.12. The predicted octanol–water partition coefficient (Wildman–Crippen LogP) is 3.97. The van der Waals surface area contributed by atoms with E-state index in [1.165, 1.54) is 6.20 Å². The Bertz CT molecular complexity index is 688. The Morgan fingerprint density at radius 2 is 1.87 bits per heavy atom.